The van der Waals surface area contributed by atoms with Gasteiger partial charge in [0.2, 0.25) is 0 Å². The highest BCUT2D eigenvalue weighted by Crippen LogP contribution is 2.36. The standard InChI is InChI=1S/C15H15NO3S/c1-10(17)13-4-2-12(9-16-13)20-11-3-5-14-15(8-11)19-7-6-18-14/h2-5,8-10,17H,6-7H2,1H3/t10-/m1/s1. The minimum absolute atomic E-state index is 0.539. The Morgan fingerprint density at radius 3 is 2.55 bits per heavy atom. The minimum Gasteiger partial charge on any atom is -0.486 e. The quantitative estimate of drug-likeness (QED) is 0.941. The largest absolute Gasteiger partial charge is 0.486 e. The van der Waals surface area contributed by atoms with Crippen LogP contribution in [0.15, 0.2) is 46.3 Å². The van der Waals surface area contributed by atoms with Crippen molar-refractivity contribution in [2.45, 2.75) is 22.8 Å². The molecule has 2 heterocycles. The smallest absolute Gasteiger partial charge is 0.162 e. The number of aliphatic hydroxyl groups is 1. The lowest BCUT2D eigenvalue weighted by molar-refractivity contribution is 0.171. The van der Waals surface area contributed by atoms with Gasteiger partial charge in [-0.05, 0) is 37.3 Å². The van der Waals surface area contributed by atoms with Crippen LogP contribution in [0.2, 0.25) is 0 Å². The number of hydrogen-bond acceptors (Lipinski definition) is 5. The van der Waals surface area contributed by atoms with Gasteiger partial charge in [-0.3, -0.25) is 4.98 Å². The van der Waals surface area contributed by atoms with Crippen LogP contribution in [0.3, 0.4) is 0 Å². The van der Waals surface area contributed by atoms with Crippen molar-refractivity contribution in [3.63, 3.8) is 0 Å². The summed E-state index contributed by atoms with van der Waals surface area (Å²) in [6, 6.07) is 9.69. The topological polar surface area (TPSA) is 51.6 Å². The summed E-state index contributed by atoms with van der Waals surface area (Å²) in [6.07, 6.45) is 1.23. The van der Waals surface area contributed by atoms with Crippen LogP contribution in [-0.4, -0.2) is 23.3 Å². The Morgan fingerprint density at radius 1 is 1.10 bits per heavy atom. The first kappa shape index (κ1) is 13.3. The van der Waals surface area contributed by atoms with Crippen LogP contribution in [0.4, 0.5) is 0 Å². The average molecular weight is 289 g/mol. The highest BCUT2D eigenvalue weighted by molar-refractivity contribution is 7.99. The molecule has 1 aromatic heterocycles. The Bertz CT molecular complexity index is 599. The first-order valence-corrected chi connectivity index (χ1v) is 7.25. The summed E-state index contributed by atoms with van der Waals surface area (Å²) < 4.78 is 11.1. The van der Waals surface area contributed by atoms with Gasteiger partial charge in [0.05, 0.1) is 11.8 Å². The molecule has 0 saturated heterocycles. The van der Waals surface area contributed by atoms with Crippen LogP contribution in [0.25, 0.3) is 0 Å². The Kier molecular flexibility index (Phi) is 3.80. The second kappa shape index (κ2) is 5.73. The number of ether oxygens (including phenoxy) is 2. The monoisotopic (exact) mass is 289 g/mol. The Hall–Kier alpha value is -1.72. The molecule has 1 aromatic carbocycles. The van der Waals surface area contributed by atoms with Crippen molar-refractivity contribution < 1.29 is 14.6 Å². The van der Waals surface area contributed by atoms with Gasteiger partial charge in [0.15, 0.2) is 11.5 Å². The van der Waals surface area contributed by atoms with Gasteiger partial charge >= 0.3 is 0 Å². The molecule has 0 amide bonds. The summed E-state index contributed by atoms with van der Waals surface area (Å²) in [6.45, 7) is 2.89. The molecule has 1 aliphatic heterocycles. The summed E-state index contributed by atoms with van der Waals surface area (Å²) in [5, 5.41) is 9.44. The second-order valence-electron chi connectivity index (χ2n) is 4.50. The number of pyridine rings is 1. The van der Waals surface area contributed by atoms with E-state index < -0.39 is 6.10 Å². The number of aromatic nitrogens is 1. The molecule has 1 N–H and O–H groups in total. The van der Waals surface area contributed by atoms with E-state index in [0.717, 1.165) is 21.3 Å². The lowest BCUT2D eigenvalue weighted by Crippen LogP contribution is -2.15. The molecule has 0 bridgehead atoms. The van der Waals surface area contributed by atoms with Crippen LogP contribution < -0.4 is 9.47 Å². The molecule has 0 saturated carbocycles. The van der Waals surface area contributed by atoms with Crippen molar-refractivity contribution in [3.05, 3.63) is 42.2 Å². The fraction of sp³-hybridized carbons (Fsp3) is 0.267. The van der Waals surface area contributed by atoms with E-state index >= 15 is 0 Å². The number of aliphatic hydroxyl groups excluding tert-OH is 1. The van der Waals surface area contributed by atoms with E-state index in [1.165, 1.54) is 0 Å². The highest BCUT2D eigenvalue weighted by Gasteiger charge is 2.12. The van der Waals surface area contributed by atoms with E-state index in [9.17, 15) is 5.11 Å². The normalized spacial score (nSPS) is 14.9. The zero-order valence-electron chi connectivity index (χ0n) is 11.1. The first-order valence-electron chi connectivity index (χ1n) is 6.44. The van der Waals surface area contributed by atoms with Gasteiger partial charge in [0.25, 0.3) is 0 Å². The molecule has 0 aliphatic carbocycles. The number of hydrogen-bond donors (Lipinski definition) is 1. The fourth-order valence-corrected chi connectivity index (χ4v) is 2.74. The number of rotatable bonds is 3. The van der Waals surface area contributed by atoms with Gasteiger partial charge in [0, 0.05) is 16.0 Å². The van der Waals surface area contributed by atoms with Gasteiger partial charge in [0.1, 0.15) is 13.2 Å². The van der Waals surface area contributed by atoms with Crippen molar-refractivity contribution in [1.82, 2.24) is 4.98 Å². The van der Waals surface area contributed by atoms with Crippen molar-refractivity contribution in [3.8, 4) is 11.5 Å². The van der Waals surface area contributed by atoms with Crippen molar-refractivity contribution in [2.75, 3.05) is 13.2 Å². The molecule has 3 rings (SSSR count). The number of nitrogens with zero attached hydrogens (tertiary/aromatic N) is 1. The molecule has 1 atom stereocenters. The van der Waals surface area contributed by atoms with Crippen LogP contribution in [0.5, 0.6) is 11.5 Å². The van der Waals surface area contributed by atoms with E-state index in [4.69, 9.17) is 9.47 Å². The van der Waals surface area contributed by atoms with Crippen molar-refractivity contribution in [2.24, 2.45) is 0 Å². The van der Waals surface area contributed by atoms with Gasteiger partial charge in [-0.15, -0.1) is 0 Å². The van der Waals surface area contributed by atoms with Crippen LogP contribution in [-0.2, 0) is 0 Å². The maximum atomic E-state index is 9.44. The second-order valence-corrected chi connectivity index (χ2v) is 5.65. The zero-order chi connectivity index (χ0) is 13.9. The van der Waals surface area contributed by atoms with Crippen molar-refractivity contribution in [1.29, 1.82) is 0 Å². The molecule has 20 heavy (non-hydrogen) atoms. The average Bonchev–Trinajstić information content (AvgIpc) is 2.48. The number of fused-ring (bicyclic) bond motifs is 1. The SMILES string of the molecule is C[C@@H](O)c1ccc(Sc2ccc3c(c2)OCCO3)cn1. The van der Waals surface area contributed by atoms with E-state index in [1.54, 1.807) is 24.9 Å². The Balaban J connectivity index is 1.77. The van der Waals surface area contributed by atoms with Gasteiger partial charge < -0.3 is 14.6 Å². The summed E-state index contributed by atoms with van der Waals surface area (Å²) in [4.78, 5) is 6.32. The van der Waals surface area contributed by atoms with Crippen LogP contribution in [0, 0.1) is 0 Å². The summed E-state index contributed by atoms with van der Waals surface area (Å²) in [7, 11) is 0. The molecule has 0 unspecified atom stereocenters. The van der Waals surface area contributed by atoms with E-state index in [0.29, 0.717) is 18.9 Å². The molecule has 2 aromatic rings. The minimum atomic E-state index is -0.539. The first-order chi connectivity index (χ1) is 9.72. The summed E-state index contributed by atoms with van der Waals surface area (Å²) in [5.74, 6) is 1.58. The number of benzene rings is 1. The maximum absolute atomic E-state index is 9.44. The highest BCUT2D eigenvalue weighted by atomic mass is 32.2. The third kappa shape index (κ3) is 2.89. The van der Waals surface area contributed by atoms with Gasteiger partial charge in [-0.1, -0.05) is 11.8 Å². The molecule has 0 radical (unpaired) electrons. The predicted molar refractivity (Wildman–Crippen MR) is 76.4 cm³/mol. The van der Waals surface area contributed by atoms with Crippen LogP contribution in [0.1, 0.15) is 18.7 Å². The molecule has 1 aliphatic rings. The summed E-state index contributed by atoms with van der Waals surface area (Å²) >= 11 is 1.60. The van der Waals surface area contributed by atoms with Crippen LogP contribution >= 0.6 is 11.8 Å². The Morgan fingerprint density at radius 2 is 1.85 bits per heavy atom. The third-order valence-electron chi connectivity index (χ3n) is 2.94. The van der Waals surface area contributed by atoms with Gasteiger partial charge in [-0.25, -0.2) is 0 Å². The fourth-order valence-electron chi connectivity index (χ4n) is 1.92. The third-order valence-corrected chi connectivity index (χ3v) is 3.90. The molecule has 4 nitrogen and oxygen atoms in total. The summed E-state index contributed by atoms with van der Waals surface area (Å²) in [5.41, 5.74) is 0.677. The molecule has 5 heteroatoms. The molecule has 0 fully saturated rings. The van der Waals surface area contributed by atoms with E-state index in [1.807, 2.05) is 30.3 Å². The molecule has 0 spiro atoms. The maximum Gasteiger partial charge on any atom is 0.162 e. The lowest BCUT2D eigenvalue weighted by Gasteiger charge is -2.18. The zero-order valence-corrected chi connectivity index (χ0v) is 11.9. The van der Waals surface area contributed by atoms with E-state index in [-0.39, 0.29) is 0 Å². The van der Waals surface area contributed by atoms with E-state index in [2.05, 4.69) is 4.98 Å². The Labute approximate surface area is 121 Å². The van der Waals surface area contributed by atoms with Gasteiger partial charge in [-0.2, -0.15) is 0 Å². The van der Waals surface area contributed by atoms with Crippen molar-refractivity contribution >= 4 is 11.8 Å². The predicted octanol–water partition coefficient (Wildman–Crippen LogP) is 3.06. The molecular weight excluding hydrogens is 274 g/mol. The molecule has 104 valence electrons. The molecular formula is C15H15NO3S. The lowest BCUT2D eigenvalue weighted by atomic mass is 10.2.